The van der Waals surface area contributed by atoms with Crippen molar-refractivity contribution in [2.75, 3.05) is 18.0 Å². The van der Waals surface area contributed by atoms with Crippen molar-refractivity contribution in [1.82, 2.24) is 0 Å². The van der Waals surface area contributed by atoms with Crippen molar-refractivity contribution in [1.29, 1.82) is 0 Å². The van der Waals surface area contributed by atoms with Crippen LogP contribution in [0.5, 0.6) is 0 Å². The van der Waals surface area contributed by atoms with Crippen LogP contribution in [0.15, 0.2) is 18.2 Å². The van der Waals surface area contributed by atoms with Crippen LogP contribution in [-0.4, -0.2) is 24.2 Å². The standard InChI is InChI=1S/C15H21NO2/c1-11-5-4-6-13(12(11)2)16-9-7-15(3,8-10-16)14(17)18/h4-6H,7-10H2,1-3H3,(H,17,18). The summed E-state index contributed by atoms with van der Waals surface area (Å²) in [4.78, 5) is 13.5. The summed E-state index contributed by atoms with van der Waals surface area (Å²) < 4.78 is 0. The number of aliphatic carboxylic acids is 1. The van der Waals surface area contributed by atoms with E-state index in [4.69, 9.17) is 0 Å². The Kier molecular flexibility index (Phi) is 3.33. The summed E-state index contributed by atoms with van der Waals surface area (Å²) in [5, 5.41) is 9.23. The Bertz CT molecular complexity index is 460. The van der Waals surface area contributed by atoms with E-state index in [9.17, 15) is 9.90 Å². The zero-order chi connectivity index (χ0) is 13.3. The number of hydrogen-bond donors (Lipinski definition) is 1. The molecule has 1 heterocycles. The van der Waals surface area contributed by atoms with Gasteiger partial charge in [-0.3, -0.25) is 4.79 Å². The number of carbonyl (C=O) groups is 1. The summed E-state index contributed by atoms with van der Waals surface area (Å²) in [6, 6.07) is 6.32. The Labute approximate surface area is 108 Å². The summed E-state index contributed by atoms with van der Waals surface area (Å²) in [6.45, 7) is 7.76. The van der Waals surface area contributed by atoms with Gasteiger partial charge in [-0.25, -0.2) is 0 Å². The molecule has 18 heavy (non-hydrogen) atoms. The minimum absolute atomic E-state index is 0.547. The van der Waals surface area contributed by atoms with E-state index >= 15 is 0 Å². The highest BCUT2D eigenvalue weighted by molar-refractivity contribution is 5.74. The van der Waals surface area contributed by atoms with Gasteiger partial charge in [0.2, 0.25) is 0 Å². The number of piperidine rings is 1. The van der Waals surface area contributed by atoms with Crippen LogP contribution in [-0.2, 0) is 4.79 Å². The van der Waals surface area contributed by atoms with Crippen molar-refractivity contribution < 1.29 is 9.90 Å². The molecule has 1 N–H and O–H groups in total. The Morgan fingerprint density at radius 2 is 1.89 bits per heavy atom. The highest BCUT2D eigenvalue weighted by Crippen LogP contribution is 2.34. The second kappa shape index (κ2) is 4.63. The average molecular weight is 247 g/mol. The number of carboxylic acid groups (broad SMARTS) is 1. The average Bonchev–Trinajstić information content (AvgIpc) is 2.34. The van der Waals surface area contributed by atoms with Gasteiger partial charge in [-0.1, -0.05) is 12.1 Å². The lowest BCUT2D eigenvalue weighted by Crippen LogP contribution is -2.43. The minimum atomic E-state index is -0.664. The molecule has 1 aromatic rings. The fourth-order valence-corrected chi connectivity index (χ4v) is 2.53. The summed E-state index contributed by atoms with van der Waals surface area (Å²) in [7, 11) is 0. The van der Waals surface area contributed by atoms with Crippen LogP contribution in [0.1, 0.15) is 30.9 Å². The number of carboxylic acids is 1. The normalized spacial score (nSPS) is 18.7. The zero-order valence-corrected chi connectivity index (χ0v) is 11.4. The zero-order valence-electron chi connectivity index (χ0n) is 11.4. The first-order valence-corrected chi connectivity index (χ1v) is 6.48. The molecule has 3 nitrogen and oxygen atoms in total. The fraction of sp³-hybridized carbons (Fsp3) is 0.533. The Balaban J connectivity index is 2.15. The summed E-state index contributed by atoms with van der Waals surface area (Å²) in [5.41, 5.74) is 3.30. The molecule has 0 radical (unpaired) electrons. The van der Waals surface area contributed by atoms with Crippen LogP contribution >= 0.6 is 0 Å². The maximum Gasteiger partial charge on any atom is 0.309 e. The predicted octanol–water partition coefficient (Wildman–Crippen LogP) is 2.99. The molecule has 1 aromatic carbocycles. The second-order valence-corrected chi connectivity index (χ2v) is 5.57. The van der Waals surface area contributed by atoms with E-state index in [0.717, 1.165) is 25.9 Å². The molecule has 0 saturated carbocycles. The van der Waals surface area contributed by atoms with Gasteiger partial charge in [-0.15, -0.1) is 0 Å². The lowest BCUT2D eigenvalue weighted by molar-refractivity contribution is -0.149. The first kappa shape index (κ1) is 12.9. The van der Waals surface area contributed by atoms with Crippen LogP contribution in [0, 0.1) is 19.3 Å². The fourth-order valence-electron chi connectivity index (χ4n) is 2.53. The van der Waals surface area contributed by atoms with Gasteiger partial charge in [0.25, 0.3) is 0 Å². The molecule has 1 fully saturated rings. The van der Waals surface area contributed by atoms with E-state index < -0.39 is 11.4 Å². The van der Waals surface area contributed by atoms with Gasteiger partial charge in [-0.2, -0.15) is 0 Å². The number of hydrogen-bond acceptors (Lipinski definition) is 2. The molecule has 0 bridgehead atoms. The third-order valence-corrected chi connectivity index (χ3v) is 4.30. The van der Waals surface area contributed by atoms with Crippen molar-refractivity contribution >= 4 is 11.7 Å². The van der Waals surface area contributed by atoms with E-state index in [1.54, 1.807) is 0 Å². The predicted molar refractivity (Wildman–Crippen MR) is 73.1 cm³/mol. The lowest BCUT2D eigenvalue weighted by atomic mass is 9.80. The number of aryl methyl sites for hydroxylation is 1. The van der Waals surface area contributed by atoms with E-state index in [-0.39, 0.29) is 0 Å². The number of anilines is 1. The molecule has 2 rings (SSSR count). The third-order valence-electron chi connectivity index (χ3n) is 4.30. The molecule has 1 aliphatic heterocycles. The minimum Gasteiger partial charge on any atom is -0.481 e. The lowest BCUT2D eigenvalue weighted by Gasteiger charge is -2.38. The van der Waals surface area contributed by atoms with Crippen LogP contribution in [0.2, 0.25) is 0 Å². The second-order valence-electron chi connectivity index (χ2n) is 5.57. The van der Waals surface area contributed by atoms with Crippen molar-refractivity contribution in [3.8, 4) is 0 Å². The Hall–Kier alpha value is -1.51. The van der Waals surface area contributed by atoms with Crippen LogP contribution in [0.25, 0.3) is 0 Å². The number of nitrogens with zero attached hydrogens (tertiary/aromatic N) is 1. The molecule has 0 aromatic heterocycles. The smallest absolute Gasteiger partial charge is 0.309 e. The number of benzene rings is 1. The molecule has 3 heteroatoms. The molecule has 0 spiro atoms. The van der Waals surface area contributed by atoms with Crippen LogP contribution < -0.4 is 4.90 Å². The molecule has 0 aliphatic carbocycles. The van der Waals surface area contributed by atoms with Gasteiger partial charge in [0.05, 0.1) is 5.41 Å². The van der Waals surface area contributed by atoms with Gasteiger partial charge in [0.1, 0.15) is 0 Å². The van der Waals surface area contributed by atoms with Gasteiger partial charge in [-0.05, 0) is 50.8 Å². The van der Waals surface area contributed by atoms with Crippen LogP contribution in [0.3, 0.4) is 0 Å². The SMILES string of the molecule is Cc1cccc(N2CCC(C)(C(=O)O)CC2)c1C. The highest BCUT2D eigenvalue weighted by atomic mass is 16.4. The van der Waals surface area contributed by atoms with Crippen molar-refractivity contribution in [3.05, 3.63) is 29.3 Å². The van der Waals surface area contributed by atoms with E-state index in [0.29, 0.717) is 0 Å². The van der Waals surface area contributed by atoms with Gasteiger partial charge < -0.3 is 10.0 Å². The highest BCUT2D eigenvalue weighted by Gasteiger charge is 2.37. The molecule has 1 saturated heterocycles. The molecule has 1 aliphatic rings. The molecular formula is C15H21NO2. The summed E-state index contributed by atoms with van der Waals surface area (Å²) >= 11 is 0. The Morgan fingerprint density at radius 1 is 1.28 bits per heavy atom. The van der Waals surface area contributed by atoms with Crippen molar-refractivity contribution in [2.45, 2.75) is 33.6 Å². The van der Waals surface area contributed by atoms with Gasteiger partial charge >= 0.3 is 5.97 Å². The van der Waals surface area contributed by atoms with Crippen molar-refractivity contribution in [3.63, 3.8) is 0 Å². The van der Waals surface area contributed by atoms with E-state index in [1.165, 1.54) is 16.8 Å². The summed E-state index contributed by atoms with van der Waals surface area (Å²) in [6.07, 6.45) is 1.44. The first-order valence-electron chi connectivity index (χ1n) is 6.48. The summed E-state index contributed by atoms with van der Waals surface area (Å²) in [5.74, 6) is -0.664. The van der Waals surface area contributed by atoms with Gasteiger partial charge in [0.15, 0.2) is 0 Å². The van der Waals surface area contributed by atoms with E-state index in [1.807, 2.05) is 6.92 Å². The van der Waals surface area contributed by atoms with Crippen LogP contribution in [0.4, 0.5) is 5.69 Å². The maximum absolute atomic E-state index is 11.2. The molecule has 0 atom stereocenters. The molecular weight excluding hydrogens is 226 g/mol. The maximum atomic E-state index is 11.2. The monoisotopic (exact) mass is 247 g/mol. The third kappa shape index (κ3) is 2.22. The quantitative estimate of drug-likeness (QED) is 0.873. The van der Waals surface area contributed by atoms with Crippen molar-refractivity contribution in [2.24, 2.45) is 5.41 Å². The first-order chi connectivity index (χ1) is 8.44. The number of rotatable bonds is 2. The Morgan fingerprint density at radius 3 is 2.44 bits per heavy atom. The van der Waals surface area contributed by atoms with E-state index in [2.05, 4.69) is 36.9 Å². The molecule has 0 unspecified atom stereocenters. The molecule has 98 valence electrons. The topological polar surface area (TPSA) is 40.5 Å². The molecule has 0 amide bonds. The van der Waals surface area contributed by atoms with Gasteiger partial charge in [0, 0.05) is 18.8 Å². The largest absolute Gasteiger partial charge is 0.481 e.